The normalized spacial score (nSPS) is 17.9. The highest BCUT2D eigenvalue weighted by Crippen LogP contribution is 2.22. The minimum absolute atomic E-state index is 0.819. The lowest BCUT2D eigenvalue weighted by molar-refractivity contribution is 0.294. The van der Waals surface area contributed by atoms with Crippen molar-refractivity contribution in [1.29, 1.82) is 0 Å². The number of hydrogen-bond donors (Lipinski definition) is 1. The van der Waals surface area contributed by atoms with Gasteiger partial charge >= 0.3 is 0 Å². The van der Waals surface area contributed by atoms with Gasteiger partial charge in [0.15, 0.2) is 0 Å². The predicted molar refractivity (Wildman–Crippen MR) is 71.2 cm³/mol. The van der Waals surface area contributed by atoms with Crippen LogP contribution < -0.4 is 5.73 Å². The molecule has 0 radical (unpaired) electrons. The van der Waals surface area contributed by atoms with Gasteiger partial charge in [0.25, 0.3) is 0 Å². The second-order valence-electron chi connectivity index (χ2n) is 3.74. The quantitative estimate of drug-likeness (QED) is 0.848. The van der Waals surface area contributed by atoms with Gasteiger partial charge in [0, 0.05) is 41.3 Å². The minimum Gasteiger partial charge on any atom is -0.399 e. The van der Waals surface area contributed by atoms with E-state index >= 15 is 0 Å². The molecule has 1 aromatic rings. The number of anilines is 1. The van der Waals surface area contributed by atoms with E-state index in [0.29, 0.717) is 0 Å². The molecule has 1 aliphatic heterocycles. The summed E-state index contributed by atoms with van der Waals surface area (Å²) in [7, 11) is 0. The SMILES string of the molecule is Nc1ccc(CN2CCSCC2)c(Br)c1. The zero-order valence-electron chi connectivity index (χ0n) is 8.58. The van der Waals surface area contributed by atoms with Crippen molar-refractivity contribution in [2.45, 2.75) is 6.54 Å². The second kappa shape index (κ2) is 5.23. The molecular formula is C11H15BrN2S. The monoisotopic (exact) mass is 286 g/mol. The Morgan fingerprint density at radius 3 is 2.73 bits per heavy atom. The fourth-order valence-corrected chi connectivity index (χ4v) is 3.19. The number of nitrogen functional groups attached to an aromatic ring is 1. The first-order chi connectivity index (χ1) is 7.25. The molecule has 0 unspecified atom stereocenters. The summed E-state index contributed by atoms with van der Waals surface area (Å²) < 4.78 is 1.13. The van der Waals surface area contributed by atoms with Crippen molar-refractivity contribution in [3.63, 3.8) is 0 Å². The number of nitrogens with zero attached hydrogens (tertiary/aromatic N) is 1. The van der Waals surface area contributed by atoms with E-state index in [1.807, 2.05) is 23.9 Å². The third kappa shape index (κ3) is 3.13. The molecule has 82 valence electrons. The molecule has 0 aliphatic carbocycles. The zero-order valence-corrected chi connectivity index (χ0v) is 11.0. The van der Waals surface area contributed by atoms with Gasteiger partial charge in [-0.3, -0.25) is 4.90 Å². The Bertz CT molecular complexity index is 337. The maximum absolute atomic E-state index is 5.71. The molecule has 2 nitrogen and oxygen atoms in total. The number of thioether (sulfide) groups is 1. The molecule has 2 N–H and O–H groups in total. The van der Waals surface area contributed by atoms with Gasteiger partial charge in [0.05, 0.1) is 0 Å². The lowest BCUT2D eigenvalue weighted by Gasteiger charge is -2.26. The van der Waals surface area contributed by atoms with Crippen LogP contribution in [-0.4, -0.2) is 29.5 Å². The van der Waals surface area contributed by atoms with Gasteiger partial charge in [-0.1, -0.05) is 22.0 Å². The molecule has 0 spiro atoms. The summed E-state index contributed by atoms with van der Waals surface area (Å²) in [6.45, 7) is 3.42. The van der Waals surface area contributed by atoms with Crippen molar-refractivity contribution in [3.05, 3.63) is 28.2 Å². The van der Waals surface area contributed by atoms with Gasteiger partial charge in [-0.25, -0.2) is 0 Å². The highest BCUT2D eigenvalue weighted by atomic mass is 79.9. The van der Waals surface area contributed by atoms with Crippen LogP contribution >= 0.6 is 27.7 Å². The Kier molecular flexibility index (Phi) is 3.94. The van der Waals surface area contributed by atoms with E-state index < -0.39 is 0 Å². The second-order valence-corrected chi connectivity index (χ2v) is 5.82. The third-order valence-electron chi connectivity index (χ3n) is 2.57. The molecule has 2 rings (SSSR count). The molecule has 4 heteroatoms. The van der Waals surface area contributed by atoms with Crippen LogP contribution in [0.2, 0.25) is 0 Å². The first kappa shape index (κ1) is 11.3. The standard InChI is InChI=1S/C11H15BrN2S/c12-11-7-10(13)2-1-9(11)8-14-3-5-15-6-4-14/h1-2,7H,3-6,8,13H2. The molecule has 0 bridgehead atoms. The maximum Gasteiger partial charge on any atom is 0.0325 e. The molecule has 1 aromatic carbocycles. The van der Waals surface area contributed by atoms with E-state index in [0.717, 1.165) is 16.7 Å². The molecule has 0 atom stereocenters. The van der Waals surface area contributed by atoms with Crippen molar-refractivity contribution in [1.82, 2.24) is 4.90 Å². The average molecular weight is 287 g/mol. The highest BCUT2D eigenvalue weighted by molar-refractivity contribution is 9.10. The van der Waals surface area contributed by atoms with Crippen molar-refractivity contribution in [2.24, 2.45) is 0 Å². The van der Waals surface area contributed by atoms with Crippen LogP contribution in [0, 0.1) is 0 Å². The van der Waals surface area contributed by atoms with E-state index in [1.54, 1.807) is 0 Å². The van der Waals surface area contributed by atoms with Crippen LogP contribution in [-0.2, 0) is 6.54 Å². The first-order valence-electron chi connectivity index (χ1n) is 5.10. The van der Waals surface area contributed by atoms with Crippen LogP contribution in [0.15, 0.2) is 22.7 Å². The smallest absolute Gasteiger partial charge is 0.0325 e. The zero-order chi connectivity index (χ0) is 10.7. The van der Waals surface area contributed by atoms with E-state index in [4.69, 9.17) is 5.73 Å². The van der Waals surface area contributed by atoms with Gasteiger partial charge < -0.3 is 5.73 Å². The lowest BCUT2D eigenvalue weighted by Crippen LogP contribution is -2.32. The number of benzene rings is 1. The summed E-state index contributed by atoms with van der Waals surface area (Å²) in [6.07, 6.45) is 0. The molecule has 1 heterocycles. The summed E-state index contributed by atoms with van der Waals surface area (Å²) in [5.74, 6) is 2.51. The van der Waals surface area contributed by atoms with E-state index in [1.165, 1.54) is 30.2 Å². The van der Waals surface area contributed by atoms with Gasteiger partial charge in [-0.2, -0.15) is 11.8 Å². The Morgan fingerprint density at radius 2 is 2.07 bits per heavy atom. The van der Waals surface area contributed by atoms with Crippen LogP contribution in [0.3, 0.4) is 0 Å². The summed E-state index contributed by atoms with van der Waals surface area (Å²) in [5, 5.41) is 0. The summed E-state index contributed by atoms with van der Waals surface area (Å²) in [5.41, 5.74) is 7.86. The topological polar surface area (TPSA) is 29.3 Å². The fourth-order valence-electron chi connectivity index (χ4n) is 1.69. The molecule has 15 heavy (non-hydrogen) atoms. The molecule has 1 fully saturated rings. The van der Waals surface area contributed by atoms with E-state index in [2.05, 4.69) is 26.9 Å². The molecule has 0 amide bonds. The predicted octanol–water partition coefficient (Wildman–Crippen LogP) is 2.58. The Labute approximate surface area is 103 Å². The summed E-state index contributed by atoms with van der Waals surface area (Å²) >= 11 is 5.60. The lowest BCUT2D eigenvalue weighted by atomic mass is 10.2. The average Bonchev–Trinajstić information content (AvgIpc) is 2.24. The third-order valence-corrected chi connectivity index (χ3v) is 4.26. The van der Waals surface area contributed by atoms with Crippen LogP contribution in [0.25, 0.3) is 0 Å². The van der Waals surface area contributed by atoms with Crippen LogP contribution in [0.5, 0.6) is 0 Å². The largest absolute Gasteiger partial charge is 0.399 e. The number of halogens is 1. The summed E-state index contributed by atoms with van der Waals surface area (Å²) in [6, 6.07) is 6.06. The van der Waals surface area contributed by atoms with Gasteiger partial charge in [0.2, 0.25) is 0 Å². The molecular weight excluding hydrogens is 272 g/mol. The minimum atomic E-state index is 0.819. The number of rotatable bonds is 2. The fraction of sp³-hybridized carbons (Fsp3) is 0.455. The van der Waals surface area contributed by atoms with Crippen molar-refractivity contribution in [2.75, 3.05) is 30.3 Å². The summed E-state index contributed by atoms with van der Waals surface area (Å²) in [4.78, 5) is 2.49. The van der Waals surface area contributed by atoms with Gasteiger partial charge in [-0.05, 0) is 17.7 Å². The number of hydrogen-bond acceptors (Lipinski definition) is 3. The molecule has 0 saturated carbocycles. The van der Waals surface area contributed by atoms with Gasteiger partial charge in [0.1, 0.15) is 0 Å². The van der Waals surface area contributed by atoms with Crippen molar-refractivity contribution < 1.29 is 0 Å². The maximum atomic E-state index is 5.71. The van der Waals surface area contributed by atoms with Crippen LogP contribution in [0.1, 0.15) is 5.56 Å². The van der Waals surface area contributed by atoms with Crippen molar-refractivity contribution in [3.8, 4) is 0 Å². The first-order valence-corrected chi connectivity index (χ1v) is 7.04. The molecule has 1 aliphatic rings. The van der Waals surface area contributed by atoms with Gasteiger partial charge in [-0.15, -0.1) is 0 Å². The Balaban J connectivity index is 2.03. The van der Waals surface area contributed by atoms with Crippen LogP contribution in [0.4, 0.5) is 5.69 Å². The Hall–Kier alpha value is -0.190. The molecule has 1 saturated heterocycles. The number of nitrogens with two attached hydrogens (primary N) is 1. The Morgan fingerprint density at radius 1 is 1.33 bits per heavy atom. The van der Waals surface area contributed by atoms with E-state index in [-0.39, 0.29) is 0 Å². The van der Waals surface area contributed by atoms with Crippen molar-refractivity contribution >= 4 is 33.4 Å². The molecule has 0 aromatic heterocycles. The van der Waals surface area contributed by atoms with E-state index in [9.17, 15) is 0 Å². The highest BCUT2D eigenvalue weighted by Gasteiger charge is 2.11.